The largest absolute Gasteiger partial charge is 0.383 e. The van der Waals surface area contributed by atoms with Crippen LogP contribution in [-0.2, 0) is 0 Å². The van der Waals surface area contributed by atoms with Crippen molar-refractivity contribution >= 4 is 44.9 Å². The van der Waals surface area contributed by atoms with Crippen LogP contribution in [0.1, 0.15) is 22.5 Å². The topological polar surface area (TPSA) is 58.1 Å². The maximum absolute atomic E-state index is 12.6. The van der Waals surface area contributed by atoms with Crippen LogP contribution in [0.25, 0.3) is 27.5 Å². The number of nitrogens with zero attached hydrogens (tertiary/aromatic N) is 3. The summed E-state index contributed by atoms with van der Waals surface area (Å²) in [5, 5.41) is 5.72. The van der Waals surface area contributed by atoms with Gasteiger partial charge in [-0.1, -0.05) is 11.6 Å². The lowest BCUT2D eigenvalue weighted by Gasteiger charge is -2.19. The van der Waals surface area contributed by atoms with Crippen molar-refractivity contribution in [2.45, 2.75) is 6.42 Å². The highest BCUT2D eigenvalue weighted by molar-refractivity contribution is 6.31. The van der Waals surface area contributed by atoms with Crippen LogP contribution in [0.3, 0.4) is 0 Å². The van der Waals surface area contributed by atoms with Crippen LogP contribution >= 0.6 is 11.6 Å². The van der Waals surface area contributed by atoms with Crippen LogP contribution in [0.15, 0.2) is 36.5 Å². The summed E-state index contributed by atoms with van der Waals surface area (Å²) in [6.45, 7) is 1.74. The van der Waals surface area contributed by atoms with Gasteiger partial charge in [-0.3, -0.25) is 9.78 Å². The second-order valence-electron chi connectivity index (χ2n) is 6.71. The van der Waals surface area contributed by atoms with E-state index < -0.39 is 0 Å². The Kier molecular flexibility index (Phi) is 4.34. The minimum Gasteiger partial charge on any atom is -0.383 e. The second-order valence-corrected chi connectivity index (χ2v) is 7.15. The number of ketones is 1. The highest BCUT2D eigenvalue weighted by Crippen LogP contribution is 2.34. The number of fused-ring (bicyclic) bond motifs is 2. The Balaban J connectivity index is 1.84. The summed E-state index contributed by atoms with van der Waals surface area (Å²) in [6, 6.07) is 7.33. The molecule has 2 heterocycles. The SMILES string of the molecule is CN(C)CCCNC1=CC(=O)c2ccnc3c2c1nc1cc(Cl)ccc13. The van der Waals surface area contributed by atoms with Gasteiger partial charge in [0, 0.05) is 40.2 Å². The first-order valence-corrected chi connectivity index (χ1v) is 8.95. The van der Waals surface area contributed by atoms with E-state index in [9.17, 15) is 4.79 Å². The molecule has 0 amide bonds. The van der Waals surface area contributed by atoms with E-state index in [0.29, 0.717) is 10.6 Å². The van der Waals surface area contributed by atoms with Crippen molar-refractivity contribution in [1.29, 1.82) is 0 Å². The van der Waals surface area contributed by atoms with Gasteiger partial charge in [-0.2, -0.15) is 0 Å². The van der Waals surface area contributed by atoms with E-state index in [1.165, 1.54) is 0 Å². The Hall–Kier alpha value is -2.50. The Bertz CT molecular complexity index is 1060. The highest BCUT2D eigenvalue weighted by Gasteiger charge is 2.23. The molecule has 0 saturated carbocycles. The molecule has 0 radical (unpaired) electrons. The zero-order valence-corrected chi connectivity index (χ0v) is 15.5. The van der Waals surface area contributed by atoms with Gasteiger partial charge < -0.3 is 10.2 Å². The molecule has 0 fully saturated rings. The molecule has 1 aliphatic rings. The third-order valence-corrected chi connectivity index (χ3v) is 4.76. The van der Waals surface area contributed by atoms with Crippen molar-refractivity contribution in [1.82, 2.24) is 20.2 Å². The van der Waals surface area contributed by atoms with Crippen LogP contribution in [-0.4, -0.2) is 47.8 Å². The molecule has 4 rings (SSSR count). The van der Waals surface area contributed by atoms with Gasteiger partial charge >= 0.3 is 0 Å². The number of halogens is 1. The summed E-state index contributed by atoms with van der Waals surface area (Å²) in [6.07, 6.45) is 4.29. The minimum atomic E-state index is -0.0184. The monoisotopic (exact) mass is 366 g/mol. The predicted octanol–water partition coefficient (Wildman–Crippen LogP) is 3.51. The molecule has 5 nitrogen and oxygen atoms in total. The van der Waals surface area contributed by atoms with Crippen LogP contribution in [0, 0.1) is 0 Å². The van der Waals surface area contributed by atoms with Crippen molar-refractivity contribution in [2.24, 2.45) is 0 Å². The maximum Gasteiger partial charge on any atom is 0.188 e. The standard InChI is InChI=1S/C20H19ClN4O/c1-25(2)9-3-7-22-16-11-17(26)14-6-8-23-19-13-5-4-12(21)10-15(13)24-20(16)18(14)19/h4-6,8,10-11,22H,3,7,9H2,1-2H3. The van der Waals surface area contributed by atoms with Crippen molar-refractivity contribution in [3.63, 3.8) is 0 Å². The molecular formula is C20H19ClN4O. The fourth-order valence-corrected chi connectivity index (χ4v) is 3.48. The van der Waals surface area contributed by atoms with Crippen molar-refractivity contribution in [3.8, 4) is 0 Å². The van der Waals surface area contributed by atoms with E-state index in [2.05, 4.69) is 15.2 Å². The van der Waals surface area contributed by atoms with Crippen molar-refractivity contribution < 1.29 is 4.79 Å². The van der Waals surface area contributed by atoms with Crippen LogP contribution in [0.2, 0.25) is 5.02 Å². The first-order chi connectivity index (χ1) is 12.5. The molecule has 0 bridgehead atoms. The van der Waals surface area contributed by atoms with Crippen LogP contribution < -0.4 is 5.32 Å². The number of hydrogen-bond acceptors (Lipinski definition) is 5. The summed E-state index contributed by atoms with van der Waals surface area (Å²) in [7, 11) is 4.09. The van der Waals surface area contributed by atoms with Crippen molar-refractivity contribution in [3.05, 3.63) is 52.8 Å². The summed E-state index contributed by atoms with van der Waals surface area (Å²) in [5.41, 5.74) is 3.73. The molecule has 26 heavy (non-hydrogen) atoms. The number of carbonyl (C=O) groups is 1. The number of allylic oxidation sites excluding steroid dienone is 1. The summed E-state index contributed by atoms with van der Waals surface area (Å²) < 4.78 is 0. The normalized spacial score (nSPS) is 13.5. The molecule has 2 aromatic heterocycles. The number of rotatable bonds is 5. The number of benzene rings is 1. The number of carbonyl (C=O) groups excluding carboxylic acids is 1. The molecule has 0 unspecified atom stereocenters. The van der Waals surface area contributed by atoms with Gasteiger partial charge in [-0.15, -0.1) is 0 Å². The quantitative estimate of drug-likeness (QED) is 0.553. The van der Waals surface area contributed by atoms with Gasteiger partial charge in [-0.25, -0.2) is 4.98 Å². The third-order valence-electron chi connectivity index (χ3n) is 4.53. The van der Waals surface area contributed by atoms with E-state index in [0.717, 1.165) is 52.7 Å². The second kappa shape index (κ2) is 6.67. The van der Waals surface area contributed by atoms with Gasteiger partial charge in [0.05, 0.1) is 22.4 Å². The van der Waals surface area contributed by atoms with Gasteiger partial charge in [0.25, 0.3) is 0 Å². The molecule has 3 aromatic rings. The highest BCUT2D eigenvalue weighted by atomic mass is 35.5. The third kappa shape index (κ3) is 2.93. The van der Waals surface area contributed by atoms with E-state index in [1.807, 2.05) is 32.3 Å². The van der Waals surface area contributed by atoms with Crippen LogP contribution in [0.4, 0.5) is 0 Å². The van der Waals surface area contributed by atoms with Crippen LogP contribution in [0.5, 0.6) is 0 Å². The van der Waals surface area contributed by atoms with E-state index >= 15 is 0 Å². The average molecular weight is 367 g/mol. The summed E-state index contributed by atoms with van der Waals surface area (Å²) >= 11 is 6.15. The average Bonchev–Trinajstić information content (AvgIpc) is 2.61. The lowest BCUT2D eigenvalue weighted by molar-refractivity contribution is 0.104. The van der Waals surface area contributed by atoms with Crippen molar-refractivity contribution in [2.75, 3.05) is 27.2 Å². The van der Waals surface area contributed by atoms with E-state index in [1.54, 1.807) is 18.3 Å². The smallest absolute Gasteiger partial charge is 0.188 e. The number of pyridine rings is 2. The fraction of sp³-hybridized carbons (Fsp3) is 0.250. The Morgan fingerprint density at radius 2 is 2.08 bits per heavy atom. The predicted molar refractivity (Wildman–Crippen MR) is 106 cm³/mol. The minimum absolute atomic E-state index is 0.0184. The Labute approximate surface area is 156 Å². The fourth-order valence-electron chi connectivity index (χ4n) is 3.31. The Morgan fingerprint density at radius 3 is 2.88 bits per heavy atom. The van der Waals surface area contributed by atoms with Gasteiger partial charge in [0.15, 0.2) is 5.78 Å². The molecule has 132 valence electrons. The number of aromatic nitrogens is 2. The molecule has 1 aliphatic carbocycles. The summed E-state index contributed by atoms with van der Waals surface area (Å²) in [5.74, 6) is -0.0184. The van der Waals surface area contributed by atoms with E-state index in [4.69, 9.17) is 16.6 Å². The number of hydrogen-bond donors (Lipinski definition) is 1. The molecule has 0 spiro atoms. The lowest BCUT2D eigenvalue weighted by atomic mass is 9.94. The maximum atomic E-state index is 12.6. The lowest BCUT2D eigenvalue weighted by Crippen LogP contribution is -2.23. The molecule has 0 atom stereocenters. The molecule has 0 aliphatic heterocycles. The van der Waals surface area contributed by atoms with Gasteiger partial charge in [0.2, 0.25) is 0 Å². The first-order valence-electron chi connectivity index (χ1n) is 8.57. The molecular weight excluding hydrogens is 348 g/mol. The van der Waals surface area contributed by atoms with Gasteiger partial charge in [-0.05, 0) is 51.3 Å². The zero-order valence-electron chi connectivity index (χ0n) is 14.7. The zero-order chi connectivity index (χ0) is 18.3. The molecule has 1 aromatic carbocycles. The van der Waals surface area contributed by atoms with E-state index in [-0.39, 0.29) is 5.78 Å². The molecule has 6 heteroatoms. The van der Waals surface area contributed by atoms with Gasteiger partial charge in [0.1, 0.15) is 0 Å². The first kappa shape index (κ1) is 16.9. The number of nitrogens with one attached hydrogen (secondary N) is 1. The summed E-state index contributed by atoms with van der Waals surface area (Å²) in [4.78, 5) is 24.1. The molecule has 0 saturated heterocycles. The molecule has 1 N–H and O–H groups in total. The Morgan fingerprint density at radius 1 is 1.23 bits per heavy atom.